The molecule has 3 aliphatic rings. The van der Waals surface area contributed by atoms with Crippen LogP contribution in [0.15, 0.2) is 207 Å². The van der Waals surface area contributed by atoms with Crippen molar-refractivity contribution in [3.05, 3.63) is 253 Å². The fourth-order valence-corrected chi connectivity index (χ4v) is 10.7. The molecule has 2 N–H and O–H groups in total. The molecule has 9 aromatic rings. The summed E-state index contributed by atoms with van der Waals surface area (Å²) in [6, 6.07) is 37.0. The van der Waals surface area contributed by atoms with Crippen LogP contribution in [0.1, 0.15) is 97.7 Å². The van der Waals surface area contributed by atoms with Crippen molar-refractivity contribution < 1.29 is 35.4 Å². The summed E-state index contributed by atoms with van der Waals surface area (Å²) in [5.74, 6) is 4.51. The monoisotopic (exact) mass is 1260 g/mol. The molecule has 2 radical (unpaired) electrons. The van der Waals surface area contributed by atoms with E-state index in [1.165, 1.54) is 4.57 Å². The Bertz CT molecular complexity index is 4430. The molecule has 9 nitrogen and oxygen atoms in total. The molecule has 0 saturated carbocycles. The number of nitrogens with one attached hydrogen (secondary N) is 2. The molecule has 3 aliphatic heterocycles. The van der Waals surface area contributed by atoms with E-state index in [9.17, 15) is 2.74 Å². The molecule has 6 heterocycles. The number of allylic oxidation sites excluding steroid dienone is 8. The van der Waals surface area contributed by atoms with Crippen molar-refractivity contribution in [3.63, 3.8) is 0 Å². The summed E-state index contributed by atoms with van der Waals surface area (Å²) in [7, 11) is 4.29. The van der Waals surface area contributed by atoms with Crippen molar-refractivity contribution in [2.75, 3.05) is 9.80 Å². The fraction of sp³-hybridized carbons (Fsp3) is 0.157. The Morgan fingerprint density at radius 2 is 1.30 bits per heavy atom. The van der Waals surface area contributed by atoms with Gasteiger partial charge in [-0.3, -0.25) is 4.98 Å². The van der Waals surface area contributed by atoms with Crippen LogP contribution in [0, 0.1) is 18.8 Å². The minimum absolute atomic E-state index is 0. The van der Waals surface area contributed by atoms with E-state index >= 15 is 0 Å². The van der Waals surface area contributed by atoms with E-state index in [0.717, 1.165) is 66.0 Å². The maximum Gasteiger partial charge on any atom is 0.213 e. The van der Waals surface area contributed by atoms with Gasteiger partial charge in [0.15, 0.2) is 14.6 Å². The topological polar surface area (TPSA) is 75.4 Å². The second-order valence-electron chi connectivity index (χ2n) is 21.7. The summed E-state index contributed by atoms with van der Waals surface area (Å²) in [5.41, 5.74) is 12.9. The number of nitrogens with zero attached hydrogens (tertiary/aromatic N) is 6. The molecule has 0 unspecified atom stereocenters. The SMILES string of the molecule is [2H]c1c([2H])c([2H])c2c(c1[2H])c1ccc(Oc3[c-]c(N4[CH-]N(c5c(/C6=C/C=C\N/C=C\C=C/[B]6)cc(C(C)(C)C)cc5/C5=C/C=C\N/C=C\C=C/[B]5)c5ccccc54)cc(-c4c(C(C)C)cccc4C(C)C)n3)[c-]c1n2-c1nc2ccccc2n1C([2H])([2H])[2H].[Pt]. The summed E-state index contributed by atoms with van der Waals surface area (Å²) >= 11 is 0. The maximum absolute atomic E-state index is 9.31. The summed E-state index contributed by atoms with van der Waals surface area (Å²) in [6.07, 6.45) is 23.9. The number of rotatable bonds is 10. The molecule has 0 spiro atoms. The number of hydrogen-bond donors (Lipinski definition) is 2. The van der Waals surface area contributed by atoms with Crippen molar-refractivity contribution >= 4 is 81.1 Å². The van der Waals surface area contributed by atoms with Gasteiger partial charge in [0.2, 0.25) is 5.95 Å². The zero-order valence-electron chi connectivity index (χ0n) is 53.6. The third-order valence-electron chi connectivity index (χ3n) is 14.6. The van der Waals surface area contributed by atoms with Crippen LogP contribution in [-0.2, 0) is 33.5 Å². The van der Waals surface area contributed by atoms with E-state index in [4.69, 9.17) is 21.6 Å². The van der Waals surface area contributed by atoms with Crippen molar-refractivity contribution in [2.24, 2.45) is 6.98 Å². The molecular weight excluding hydrogens is 1190 g/mol. The van der Waals surface area contributed by atoms with Crippen molar-refractivity contribution in [1.82, 2.24) is 29.7 Å². The zero-order valence-corrected chi connectivity index (χ0v) is 48.9. The predicted octanol–water partition coefficient (Wildman–Crippen LogP) is 16.5. The van der Waals surface area contributed by atoms with Crippen LogP contribution in [0.2, 0.25) is 0 Å². The summed E-state index contributed by atoms with van der Waals surface area (Å²) in [5, 5.41) is 7.05. The molecule has 0 saturated heterocycles. The maximum atomic E-state index is 9.31. The van der Waals surface area contributed by atoms with Crippen LogP contribution >= 0.6 is 0 Å². The van der Waals surface area contributed by atoms with Crippen LogP contribution in [-0.4, -0.2) is 33.7 Å². The number of imidazole rings is 1. The third kappa shape index (κ3) is 10.8. The van der Waals surface area contributed by atoms with Gasteiger partial charge in [0.25, 0.3) is 0 Å². The van der Waals surface area contributed by atoms with Gasteiger partial charge in [-0.2, -0.15) is 23.9 Å². The summed E-state index contributed by atoms with van der Waals surface area (Å²) < 4.78 is 72.0. The smallest absolute Gasteiger partial charge is 0.213 e. The third-order valence-corrected chi connectivity index (χ3v) is 14.6. The standard InChI is InChI=1S/C70H63B2N8O.Pt/c1-46(2)51-23-19-24-52(47(3)4)67(51)60-42-49(43-66(75-60)81-50-32-33-54-53-22-9-11-28-61(53)80(65(54)44-50)69-76-59-27-10-12-29-62(59)77(69)8)78-45-79(64-31-14-13-30-63(64)78)68-55(57-25-20-38-73-36-17-15-34-71-57)40-48(70(5,6)7)41-56(68)58-26-21-39-74-37-18-16-35-72-58;/h9-42,45-47,73-74H,1-8H3;/q-3;/b34-15-,35-16-,36-17-,37-18-,38-20-,39-21-,57-25-,58-26-;/i8D3,9D,11D,22D,28D;. The molecule has 0 amide bonds. The molecular formula is C70H63B2N8OPt-3. The average molecular weight is 1260 g/mol. The number of ether oxygens (including phenoxy) is 1. The van der Waals surface area contributed by atoms with E-state index in [1.54, 1.807) is 36.4 Å². The Balaban J connectivity index is 0.00000817. The second kappa shape index (κ2) is 23.5. The first-order valence-corrected chi connectivity index (χ1v) is 27.3. The molecule has 0 bridgehead atoms. The largest absolute Gasteiger partial charge is 0.503 e. The van der Waals surface area contributed by atoms with Crippen LogP contribution in [0.25, 0.3) is 61.0 Å². The van der Waals surface area contributed by atoms with Gasteiger partial charge >= 0.3 is 0 Å². The number of hydrogen-bond acceptors (Lipinski definition) is 7. The molecule has 6 aromatic carbocycles. The van der Waals surface area contributed by atoms with Gasteiger partial charge in [-0.05, 0) is 128 Å². The van der Waals surface area contributed by atoms with Gasteiger partial charge in [-0.1, -0.05) is 150 Å². The molecule has 3 aromatic heterocycles. The van der Waals surface area contributed by atoms with Crippen molar-refractivity contribution in [3.8, 4) is 28.8 Å². The quantitative estimate of drug-likeness (QED) is 0.104. The van der Waals surface area contributed by atoms with Crippen LogP contribution < -0.4 is 25.2 Å². The van der Waals surface area contributed by atoms with Crippen LogP contribution in [0.5, 0.6) is 11.6 Å². The molecule has 0 atom stereocenters. The first-order valence-electron chi connectivity index (χ1n) is 30.8. The van der Waals surface area contributed by atoms with E-state index in [-0.39, 0.29) is 84.4 Å². The Morgan fingerprint density at radius 3 is 1.96 bits per heavy atom. The number of pyridine rings is 1. The average Bonchev–Trinajstić information content (AvgIpc) is 1.59. The number of anilines is 4. The van der Waals surface area contributed by atoms with Crippen LogP contribution in [0.4, 0.5) is 22.7 Å². The number of aryl methyl sites for hydroxylation is 1. The van der Waals surface area contributed by atoms with Crippen LogP contribution in [0.3, 0.4) is 0 Å². The minimum atomic E-state index is -2.76. The minimum Gasteiger partial charge on any atom is -0.503 e. The number of aromatic nitrogens is 4. The predicted molar refractivity (Wildman–Crippen MR) is 339 cm³/mol. The van der Waals surface area contributed by atoms with Gasteiger partial charge in [-0.15, -0.1) is 36.1 Å². The Morgan fingerprint density at radius 1 is 0.671 bits per heavy atom. The molecule has 0 aliphatic carbocycles. The van der Waals surface area contributed by atoms with Gasteiger partial charge in [0.05, 0.1) is 16.5 Å². The van der Waals surface area contributed by atoms with E-state index in [1.807, 2.05) is 73.4 Å². The van der Waals surface area contributed by atoms with Crippen molar-refractivity contribution in [2.45, 2.75) is 65.7 Å². The van der Waals surface area contributed by atoms with Gasteiger partial charge in [0, 0.05) is 85.3 Å². The zero-order chi connectivity index (χ0) is 61.8. The van der Waals surface area contributed by atoms with Gasteiger partial charge < -0.3 is 34.3 Å². The van der Waals surface area contributed by atoms with E-state index in [2.05, 4.69) is 175 Å². The normalized spacial score (nSPS) is 19.4. The molecule has 0 fully saturated rings. The molecule has 82 heavy (non-hydrogen) atoms. The molecule has 12 heteroatoms. The van der Waals surface area contributed by atoms with Gasteiger partial charge in [0.1, 0.15) is 5.88 Å². The molecule has 408 valence electrons. The van der Waals surface area contributed by atoms with E-state index in [0.29, 0.717) is 27.8 Å². The Kier molecular flexibility index (Phi) is 13.5. The number of para-hydroxylation sites is 5. The Hall–Kier alpha value is -8.52. The Labute approximate surface area is 508 Å². The van der Waals surface area contributed by atoms with Gasteiger partial charge in [-0.25, -0.2) is 4.98 Å². The first-order chi connectivity index (χ1) is 42.3. The summed E-state index contributed by atoms with van der Waals surface area (Å²) in [6.45, 7) is 14.8. The molecule has 12 rings (SSSR count). The number of benzene rings is 6. The fourth-order valence-electron chi connectivity index (χ4n) is 10.7. The summed E-state index contributed by atoms with van der Waals surface area (Å²) in [4.78, 5) is 14.6. The first kappa shape index (κ1) is 47.2. The number of fused-ring (bicyclic) bond motifs is 5. The second-order valence-corrected chi connectivity index (χ2v) is 21.7. The van der Waals surface area contributed by atoms with E-state index < -0.39 is 19.1 Å². The van der Waals surface area contributed by atoms with Crippen molar-refractivity contribution in [1.29, 1.82) is 0 Å².